The number of hydrogen-bond donors (Lipinski definition) is 0. The van der Waals surface area contributed by atoms with Crippen molar-refractivity contribution in [2.24, 2.45) is 0 Å². The van der Waals surface area contributed by atoms with E-state index < -0.39 is 13.9 Å². The van der Waals surface area contributed by atoms with E-state index in [0.29, 0.717) is 0 Å². The molecule has 0 aromatic carbocycles. The second kappa shape index (κ2) is 3.81. The van der Waals surface area contributed by atoms with Crippen LogP contribution >= 0.6 is 9.63 Å². The summed E-state index contributed by atoms with van der Waals surface area (Å²) in [7, 11) is 1.52. The SMILES string of the molecule is C[Si](C)(C)S[Se][Si](C)(C)C. The summed E-state index contributed by atoms with van der Waals surface area (Å²) < 4.78 is 0. The molecule has 0 N–H and O–H groups in total. The summed E-state index contributed by atoms with van der Waals surface area (Å²) in [5.41, 5.74) is 0. The molecule has 0 nitrogen and oxygen atoms in total. The molecule has 0 rings (SSSR count). The van der Waals surface area contributed by atoms with E-state index in [1.165, 1.54) is 0 Å². The second-order valence-electron chi connectivity index (χ2n) is 4.39. The van der Waals surface area contributed by atoms with Gasteiger partial charge in [-0.25, -0.2) is 0 Å². The van der Waals surface area contributed by atoms with E-state index in [-0.39, 0.29) is 0 Å². The van der Waals surface area contributed by atoms with E-state index in [9.17, 15) is 0 Å². The van der Waals surface area contributed by atoms with Crippen molar-refractivity contribution < 1.29 is 0 Å². The van der Waals surface area contributed by atoms with Gasteiger partial charge in [-0.05, 0) is 0 Å². The Morgan fingerprint density at radius 2 is 1.30 bits per heavy atom. The Bertz CT molecular complexity index is 89.3. The van der Waals surface area contributed by atoms with E-state index in [0.717, 1.165) is 13.2 Å². The van der Waals surface area contributed by atoms with Crippen molar-refractivity contribution in [1.82, 2.24) is 0 Å². The normalized spacial score (nSPS) is 13.8. The Hall–Kier alpha value is 1.30. The van der Waals surface area contributed by atoms with Gasteiger partial charge in [0.2, 0.25) is 0 Å². The van der Waals surface area contributed by atoms with Gasteiger partial charge in [-0.2, -0.15) is 0 Å². The van der Waals surface area contributed by atoms with Gasteiger partial charge >= 0.3 is 76.0 Å². The van der Waals surface area contributed by atoms with E-state index >= 15 is 0 Å². The van der Waals surface area contributed by atoms with Crippen LogP contribution in [0.4, 0.5) is 0 Å². The standard InChI is InChI=1S/C6H18SSeSi2/c1-9(2,3)7-8-10(4,5)6/h1-6H3. The first-order valence-electron chi connectivity index (χ1n) is 3.57. The first-order valence-corrected chi connectivity index (χ1v) is 16.6. The van der Waals surface area contributed by atoms with Crippen LogP contribution in [0.15, 0.2) is 0 Å². The topological polar surface area (TPSA) is 0 Å². The van der Waals surface area contributed by atoms with Crippen LogP contribution < -0.4 is 0 Å². The molecular weight excluding hydrogens is 239 g/mol. The third-order valence-electron chi connectivity index (χ3n) is 0.542. The van der Waals surface area contributed by atoms with Gasteiger partial charge in [0.1, 0.15) is 0 Å². The fourth-order valence-electron chi connectivity index (χ4n) is 0.250. The third kappa shape index (κ3) is 9.30. The molecule has 0 atom stereocenters. The van der Waals surface area contributed by atoms with Crippen LogP contribution in [0, 0.1) is 0 Å². The molecule has 4 heteroatoms. The van der Waals surface area contributed by atoms with Gasteiger partial charge in [-0.3, -0.25) is 0 Å². The molecule has 0 radical (unpaired) electrons. The molecule has 0 fully saturated rings. The van der Waals surface area contributed by atoms with Gasteiger partial charge in [0, 0.05) is 0 Å². The fourth-order valence-corrected chi connectivity index (χ4v) is 35.1. The summed E-state index contributed by atoms with van der Waals surface area (Å²) in [5.74, 6) is 0. The summed E-state index contributed by atoms with van der Waals surface area (Å²) in [5, 5.41) is 0. The van der Waals surface area contributed by atoms with Crippen molar-refractivity contribution in [3.63, 3.8) is 0 Å². The molecule has 0 amide bonds. The van der Waals surface area contributed by atoms with E-state index in [4.69, 9.17) is 0 Å². The molecule has 0 spiro atoms. The van der Waals surface area contributed by atoms with Crippen molar-refractivity contribution in [2.75, 3.05) is 0 Å². The zero-order valence-corrected chi connectivity index (χ0v) is 12.3. The van der Waals surface area contributed by atoms with Crippen molar-refractivity contribution in [3.05, 3.63) is 0 Å². The summed E-state index contributed by atoms with van der Waals surface area (Å²) in [6.45, 7) is 14.0. The van der Waals surface area contributed by atoms with Crippen molar-refractivity contribution in [2.45, 2.75) is 39.3 Å². The monoisotopic (exact) mass is 258 g/mol. The first kappa shape index (κ1) is 11.3. The Morgan fingerprint density at radius 1 is 0.900 bits per heavy atom. The Morgan fingerprint density at radius 3 is 1.40 bits per heavy atom. The quantitative estimate of drug-likeness (QED) is 0.700. The summed E-state index contributed by atoms with van der Waals surface area (Å²) in [4.78, 5) is 0. The zero-order chi connectivity index (χ0) is 8.41. The van der Waals surface area contributed by atoms with Gasteiger partial charge in [-0.15, -0.1) is 0 Å². The molecule has 0 bridgehead atoms. The van der Waals surface area contributed by atoms with Crippen LogP contribution in [0.1, 0.15) is 0 Å². The van der Waals surface area contributed by atoms with Gasteiger partial charge in [0.05, 0.1) is 0 Å². The molecular formula is C6H18SSeSi2. The molecule has 0 unspecified atom stereocenters. The predicted octanol–water partition coefficient (Wildman–Crippen LogP) is 3.01. The molecule has 0 aliphatic rings. The van der Waals surface area contributed by atoms with Crippen LogP contribution in [0.2, 0.25) is 39.3 Å². The average Bonchev–Trinajstić information content (AvgIpc) is 1.57. The van der Waals surface area contributed by atoms with Crippen molar-refractivity contribution in [3.8, 4) is 0 Å². The summed E-state index contributed by atoms with van der Waals surface area (Å²) in [6.07, 6.45) is 0. The number of rotatable bonds is 3. The van der Waals surface area contributed by atoms with E-state index in [1.54, 1.807) is 0 Å². The van der Waals surface area contributed by atoms with Crippen LogP contribution in [0.25, 0.3) is 0 Å². The first-order chi connectivity index (χ1) is 4.21. The predicted molar refractivity (Wildman–Crippen MR) is 60.0 cm³/mol. The van der Waals surface area contributed by atoms with Crippen molar-refractivity contribution >= 4 is 36.7 Å². The second-order valence-corrected chi connectivity index (χ2v) is 31.9. The zero-order valence-electron chi connectivity index (χ0n) is 7.82. The maximum atomic E-state index is 2.47. The van der Waals surface area contributed by atoms with Crippen LogP contribution in [0.3, 0.4) is 0 Å². The molecule has 0 saturated heterocycles. The van der Waals surface area contributed by atoms with E-state index in [1.807, 2.05) is 0 Å². The Labute approximate surface area is 75.9 Å². The van der Waals surface area contributed by atoms with Crippen LogP contribution in [0.5, 0.6) is 0 Å². The summed E-state index contributed by atoms with van der Waals surface area (Å²) >= 11 is 0.914. The molecule has 0 heterocycles. The fraction of sp³-hybridized carbons (Fsp3) is 1.00. The molecule has 0 aliphatic heterocycles. The van der Waals surface area contributed by atoms with Crippen molar-refractivity contribution in [1.29, 1.82) is 0 Å². The molecule has 0 saturated carbocycles. The van der Waals surface area contributed by atoms with Crippen LogP contribution in [-0.4, -0.2) is 27.1 Å². The van der Waals surface area contributed by atoms with Gasteiger partial charge in [0.25, 0.3) is 0 Å². The van der Waals surface area contributed by atoms with Crippen LogP contribution in [-0.2, 0) is 0 Å². The molecule has 0 aliphatic carbocycles. The van der Waals surface area contributed by atoms with E-state index in [2.05, 4.69) is 48.9 Å². The molecule has 10 heavy (non-hydrogen) atoms. The van der Waals surface area contributed by atoms with Gasteiger partial charge in [-0.1, -0.05) is 0 Å². The molecule has 0 aromatic rings. The minimum atomic E-state index is -0.788. The average molecular weight is 257 g/mol. The van der Waals surface area contributed by atoms with Gasteiger partial charge < -0.3 is 0 Å². The third-order valence-corrected chi connectivity index (χ3v) is 29.2. The Balaban J connectivity index is 3.56. The summed E-state index contributed by atoms with van der Waals surface area (Å²) in [6, 6.07) is 0. The van der Waals surface area contributed by atoms with Gasteiger partial charge in [0.15, 0.2) is 0 Å². The Kier molecular flexibility index (Phi) is 4.30. The number of hydrogen-bond acceptors (Lipinski definition) is 1. The minimum absolute atomic E-state index is 0.707. The molecule has 0 aromatic heterocycles. The maximum absolute atomic E-state index is 2.47. The molecule has 62 valence electrons.